The molecule has 0 aromatic carbocycles. The minimum atomic E-state index is -0.956. The molecule has 0 aromatic heterocycles. The minimum absolute atomic E-state index is 0.190. The first-order valence-electron chi connectivity index (χ1n) is 5.35. The van der Waals surface area contributed by atoms with Crippen molar-refractivity contribution in [3.63, 3.8) is 0 Å². The minimum Gasteiger partial charge on any atom is -0.387 e. The van der Waals surface area contributed by atoms with Crippen molar-refractivity contribution >= 4 is 0 Å². The van der Waals surface area contributed by atoms with Crippen molar-refractivity contribution < 1.29 is 19.7 Å². The molecule has 78 valence electrons. The normalized spacial score (nSPS) is 69.0. The smallest absolute Gasteiger partial charge is 0.0986 e. The van der Waals surface area contributed by atoms with E-state index in [0.29, 0.717) is 25.7 Å². The van der Waals surface area contributed by atoms with Crippen LogP contribution in [0.15, 0.2) is 0 Å². The van der Waals surface area contributed by atoms with Crippen LogP contribution in [0.1, 0.15) is 25.7 Å². The zero-order valence-corrected chi connectivity index (χ0v) is 7.85. The molecule has 4 nitrogen and oxygen atoms in total. The number of hydrogen-bond donors (Lipinski definition) is 2. The molecular formula is C10H14O4. The summed E-state index contributed by atoms with van der Waals surface area (Å²) in [6.07, 6.45) is 3.10. The van der Waals surface area contributed by atoms with E-state index in [1.54, 1.807) is 0 Å². The Morgan fingerprint density at radius 3 is 1.29 bits per heavy atom. The Labute approximate surface area is 81.8 Å². The molecule has 0 spiro atoms. The van der Waals surface area contributed by atoms with Crippen molar-refractivity contribution in [2.24, 2.45) is 0 Å². The lowest BCUT2D eigenvalue weighted by Gasteiger charge is -2.47. The second-order valence-corrected chi connectivity index (χ2v) is 5.31. The molecule has 0 amide bonds. The number of ether oxygens (including phenoxy) is 2. The highest BCUT2D eigenvalue weighted by Gasteiger charge is 2.69. The Hall–Kier alpha value is -0.160. The SMILES string of the molecule is OC12C[C@@H]3O[C@@H]3CC1(O)C[C@H]1O[C@H]1C2. The van der Waals surface area contributed by atoms with Crippen molar-refractivity contribution in [2.75, 3.05) is 0 Å². The molecule has 0 aromatic rings. The Morgan fingerprint density at radius 2 is 1.00 bits per heavy atom. The second-order valence-electron chi connectivity index (χ2n) is 5.31. The molecule has 4 heteroatoms. The average molecular weight is 198 g/mol. The third-order valence-corrected chi connectivity index (χ3v) is 4.40. The summed E-state index contributed by atoms with van der Waals surface area (Å²) in [5.74, 6) is 0. The van der Waals surface area contributed by atoms with Gasteiger partial charge in [0, 0.05) is 25.7 Å². The zero-order chi connectivity index (χ0) is 9.55. The number of rotatable bonds is 0. The highest BCUT2D eigenvalue weighted by atomic mass is 16.6. The highest BCUT2D eigenvalue weighted by molar-refractivity contribution is 5.19. The van der Waals surface area contributed by atoms with E-state index in [0.717, 1.165) is 0 Å². The molecule has 2 heterocycles. The summed E-state index contributed by atoms with van der Waals surface area (Å²) in [7, 11) is 0. The van der Waals surface area contributed by atoms with Crippen LogP contribution in [0, 0.1) is 0 Å². The topological polar surface area (TPSA) is 65.5 Å². The molecular weight excluding hydrogens is 184 g/mol. The molecule has 4 fully saturated rings. The van der Waals surface area contributed by atoms with Gasteiger partial charge in [-0.1, -0.05) is 0 Å². The molecule has 2 N–H and O–H groups in total. The van der Waals surface area contributed by atoms with E-state index in [1.807, 2.05) is 0 Å². The predicted molar refractivity (Wildman–Crippen MR) is 45.7 cm³/mol. The van der Waals surface area contributed by atoms with Gasteiger partial charge in [-0.3, -0.25) is 0 Å². The molecule has 2 saturated heterocycles. The molecule has 4 aliphatic rings. The van der Waals surface area contributed by atoms with Crippen LogP contribution in [0.3, 0.4) is 0 Å². The number of hydrogen-bond acceptors (Lipinski definition) is 4. The Kier molecular flexibility index (Phi) is 1.16. The number of fused-ring (bicyclic) bond motifs is 3. The Morgan fingerprint density at radius 1 is 0.714 bits per heavy atom. The van der Waals surface area contributed by atoms with E-state index in [-0.39, 0.29) is 24.4 Å². The van der Waals surface area contributed by atoms with Crippen molar-refractivity contribution in [1.29, 1.82) is 0 Å². The molecule has 4 rings (SSSR count). The first kappa shape index (κ1) is 8.05. The standard InChI is InChI=1S/C10H14O4/c11-9-1-5-6(13-5)3-10(9,12)4-8-7(2-9)14-8/h5-8,11-12H,1-4H2/t5-,6+,7-,8+,9?,10?. The maximum Gasteiger partial charge on any atom is 0.0986 e. The van der Waals surface area contributed by atoms with Crippen LogP contribution in [-0.2, 0) is 9.47 Å². The summed E-state index contributed by atoms with van der Waals surface area (Å²) in [4.78, 5) is 0. The van der Waals surface area contributed by atoms with E-state index in [4.69, 9.17) is 9.47 Å². The lowest BCUT2D eigenvalue weighted by Crippen LogP contribution is -2.61. The van der Waals surface area contributed by atoms with Crippen LogP contribution in [0.25, 0.3) is 0 Å². The van der Waals surface area contributed by atoms with Crippen LogP contribution in [0.4, 0.5) is 0 Å². The summed E-state index contributed by atoms with van der Waals surface area (Å²) in [5, 5.41) is 20.9. The number of aliphatic hydroxyl groups is 2. The quantitative estimate of drug-likeness (QED) is 0.518. The summed E-state index contributed by atoms with van der Waals surface area (Å²) in [6.45, 7) is 0. The molecule has 0 unspecified atom stereocenters. The molecule has 14 heavy (non-hydrogen) atoms. The van der Waals surface area contributed by atoms with Gasteiger partial charge in [-0.2, -0.15) is 0 Å². The first-order valence-corrected chi connectivity index (χ1v) is 5.35. The van der Waals surface area contributed by atoms with Crippen LogP contribution >= 0.6 is 0 Å². The van der Waals surface area contributed by atoms with Crippen LogP contribution < -0.4 is 0 Å². The lowest BCUT2D eigenvalue weighted by molar-refractivity contribution is -0.183. The van der Waals surface area contributed by atoms with E-state index >= 15 is 0 Å². The third kappa shape index (κ3) is 0.834. The van der Waals surface area contributed by atoms with Crippen LogP contribution in [0.2, 0.25) is 0 Å². The van der Waals surface area contributed by atoms with Gasteiger partial charge in [-0.05, 0) is 0 Å². The Bertz CT molecular complexity index is 252. The van der Waals surface area contributed by atoms with E-state index in [9.17, 15) is 10.2 Å². The van der Waals surface area contributed by atoms with Gasteiger partial charge in [0.1, 0.15) is 0 Å². The van der Waals surface area contributed by atoms with Gasteiger partial charge in [0.15, 0.2) is 0 Å². The fourth-order valence-electron chi connectivity index (χ4n) is 3.33. The molecule has 2 aliphatic heterocycles. The van der Waals surface area contributed by atoms with E-state index < -0.39 is 11.2 Å². The van der Waals surface area contributed by atoms with Gasteiger partial charge < -0.3 is 19.7 Å². The van der Waals surface area contributed by atoms with Gasteiger partial charge in [0.2, 0.25) is 0 Å². The van der Waals surface area contributed by atoms with Gasteiger partial charge in [-0.15, -0.1) is 0 Å². The van der Waals surface area contributed by atoms with Crippen molar-refractivity contribution in [1.82, 2.24) is 0 Å². The van der Waals surface area contributed by atoms with Crippen molar-refractivity contribution in [3.8, 4) is 0 Å². The summed E-state index contributed by atoms with van der Waals surface area (Å²) >= 11 is 0. The maximum absolute atomic E-state index is 10.4. The fourth-order valence-corrected chi connectivity index (χ4v) is 3.33. The zero-order valence-electron chi connectivity index (χ0n) is 7.85. The predicted octanol–water partition coefficient (Wildman–Crippen LogP) is -0.429. The van der Waals surface area contributed by atoms with E-state index in [2.05, 4.69) is 0 Å². The molecule has 0 radical (unpaired) electrons. The molecule has 0 bridgehead atoms. The van der Waals surface area contributed by atoms with Crippen molar-refractivity contribution in [3.05, 3.63) is 0 Å². The van der Waals surface area contributed by atoms with Gasteiger partial charge in [0.05, 0.1) is 35.6 Å². The highest BCUT2D eigenvalue weighted by Crippen LogP contribution is 2.57. The average Bonchev–Trinajstić information content (AvgIpc) is 2.92. The van der Waals surface area contributed by atoms with Crippen molar-refractivity contribution in [2.45, 2.75) is 61.3 Å². The monoisotopic (exact) mass is 198 g/mol. The molecule has 4 atom stereocenters. The summed E-state index contributed by atoms with van der Waals surface area (Å²) < 4.78 is 10.8. The van der Waals surface area contributed by atoms with Crippen LogP contribution in [-0.4, -0.2) is 45.8 Å². The largest absolute Gasteiger partial charge is 0.387 e. The van der Waals surface area contributed by atoms with Gasteiger partial charge in [-0.25, -0.2) is 0 Å². The Balaban J connectivity index is 1.72. The van der Waals surface area contributed by atoms with Gasteiger partial charge in [0.25, 0.3) is 0 Å². The summed E-state index contributed by atoms with van der Waals surface area (Å²) in [6, 6.07) is 0. The fraction of sp³-hybridized carbons (Fsp3) is 1.00. The lowest BCUT2D eigenvalue weighted by atomic mass is 9.64. The third-order valence-electron chi connectivity index (χ3n) is 4.40. The van der Waals surface area contributed by atoms with Crippen LogP contribution in [0.5, 0.6) is 0 Å². The second kappa shape index (κ2) is 2.02. The first-order chi connectivity index (χ1) is 6.60. The number of epoxide rings is 2. The molecule has 2 aliphatic carbocycles. The maximum atomic E-state index is 10.4. The molecule has 2 saturated carbocycles. The summed E-state index contributed by atoms with van der Waals surface area (Å²) in [5.41, 5.74) is -1.91. The van der Waals surface area contributed by atoms with E-state index in [1.165, 1.54) is 0 Å². The van der Waals surface area contributed by atoms with Gasteiger partial charge >= 0.3 is 0 Å².